The van der Waals surface area contributed by atoms with Crippen molar-refractivity contribution in [3.63, 3.8) is 0 Å². The van der Waals surface area contributed by atoms with Crippen LogP contribution in [-0.2, 0) is 4.74 Å². The van der Waals surface area contributed by atoms with Crippen LogP contribution >= 0.6 is 15.9 Å². The van der Waals surface area contributed by atoms with Crippen molar-refractivity contribution in [1.82, 2.24) is 0 Å². The molecule has 84 valence electrons. The van der Waals surface area contributed by atoms with E-state index in [9.17, 15) is 0 Å². The maximum atomic E-state index is 5.60. The Morgan fingerprint density at radius 3 is 2.79 bits per heavy atom. The first-order valence-corrected chi connectivity index (χ1v) is 6.85. The Bertz CT molecular complexity index is 141. The number of hydrogen-bond donors (Lipinski definition) is 0. The zero-order chi connectivity index (χ0) is 10.4. The van der Waals surface area contributed by atoms with E-state index in [1.807, 2.05) is 0 Å². The molecule has 1 aliphatic heterocycles. The summed E-state index contributed by atoms with van der Waals surface area (Å²) in [5, 5.41) is 0. The Balaban J connectivity index is 1.96. The molecule has 0 spiro atoms. The van der Waals surface area contributed by atoms with E-state index >= 15 is 0 Å². The topological polar surface area (TPSA) is 9.23 Å². The maximum absolute atomic E-state index is 5.60. The molecule has 1 rings (SSSR count). The van der Waals surface area contributed by atoms with Crippen molar-refractivity contribution in [3.05, 3.63) is 0 Å². The van der Waals surface area contributed by atoms with Gasteiger partial charge in [-0.1, -0.05) is 29.8 Å². The highest BCUT2D eigenvalue weighted by atomic mass is 79.9. The molecule has 2 heteroatoms. The largest absolute Gasteiger partial charge is 0.378 e. The summed E-state index contributed by atoms with van der Waals surface area (Å²) >= 11 is 3.75. The minimum Gasteiger partial charge on any atom is -0.378 e. The number of rotatable bonds is 6. The Morgan fingerprint density at radius 2 is 2.21 bits per heavy atom. The van der Waals surface area contributed by atoms with Crippen molar-refractivity contribution in [3.8, 4) is 0 Å². The SMILES string of the molecule is CC(C)CC(Br)CCCC1CCCO1. The molecule has 0 aromatic rings. The van der Waals surface area contributed by atoms with Gasteiger partial charge in [0.15, 0.2) is 0 Å². The second-order valence-corrected chi connectivity index (χ2v) is 6.09. The normalized spacial score (nSPS) is 24.4. The molecule has 2 atom stereocenters. The first-order chi connectivity index (χ1) is 6.68. The molecule has 1 heterocycles. The smallest absolute Gasteiger partial charge is 0.0576 e. The fourth-order valence-electron chi connectivity index (χ4n) is 2.07. The number of alkyl halides is 1. The molecule has 0 aromatic heterocycles. The van der Waals surface area contributed by atoms with Gasteiger partial charge in [-0.15, -0.1) is 0 Å². The van der Waals surface area contributed by atoms with Crippen LogP contribution < -0.4 is 0 Å². The van der Waals surface area contributed by atoms with Crippen molar-refractivity contribution in [2.45, 2.75) is 63.3 Å². The van der Waals surface area contributed by atoms with Gasteiger partial charge in [0.05, 0.1) is 6.10 Å². The number of halogens is 1. The number of ether oxygens (including phenoxy) is 1. The second-order valence-electron chi connectivity index (χ2n) is 4.79. The lowest BCUT2D eigenvalue weighted by molar-refractivity contribution is 0.102. The Kier molecular flexibility index (Phi) is 6.11. The van der Waals surface area contributed by atoms with E-state index in [0.717, 1.165) is 12.5 Å². The average Bonchev–Trinajstić information content (AvgIpc) is 2.55. The van der Waals surface area contributed by atoms with Crippen LogP contribution in [0.1, 0.15) is 52.4 Å². The zero-order valence-electron chi connectivity index (χ0n) is 9.47. The van der Waals surface area contributed by atoms with Gasteiger partial charge in [-0.05, 0) is 44.4 Å². The molecular weight excluding hydrogens is 240 g/mol. The van der Waals surface area contributed by atoms with Gasteiger partial charge in [-0.2, -0.15) is 0 Å². The summed E-state index contributed by atoms with van der Waals surface area (Å²) in [5.41, 5.74) is 0. The van der Waals surface area contributed by atoms with Crippen LogP contribution in [0.5, 0.6) is 0 Å². The van der Waals surface area contributed by atoms with E-state index in [4.69, 9.17) is 4.74 Å². The molecule has 0 radical (unpaired) electrons. The molecule has 1 saturated heterocycles. The van der Waals surface area contributed by atoms with E-state index in [1.165, 1.54) is 38.5 Å². The van der Waals surface area contributed by atoms with Crippen molar-refractivity contribution >= 4 is 15.9 Å². The Hall–Kier alpha value is 0.440. The second kappa shape index (κ2) is 6.84. The van der Waals surface area contributed by atoms with Crippen LogP contribution in [0.4, 0.5) is 0 Å². The van der Waals surface area contributed by atoms with Crippen LogP contribution in [-0.4, -0.2) is 17.5 Å². The molecule has 1 nitrogen and oxygen atoms in total. The Labute approximate surface area is 96.7 Å². The summed E-state index contributed by atoms with van der Waals surface area (Å²) in [6.07, 6.45) is 8.32. The molecule has 0 bridgehead atoms. The summed E-state index contributed by atoms with van der Waals surface area (Å²) in [6, 6.07) is 0. The van der Waals surface area contributed by atoms with Gasteiger partial charge in [0.1, 0.15) is 0 Å². The first-order valence-electron chi connectivity index (χ1n) is 5.94. The summed E-state index contributed by atoms with van der Waals surface area (Å²) < 4.78 is 5.60. The molecule has 0 aliphatic carbocycles. The lowest BCUT2D eigenvalue weighted by atomic mass is 10.0. The van der Waals surface area contributed by atoms with Crippen LogP contribution in [0.15, 0.2) is 0 Å². The lowest BCUT2D eigenvalue weighted by Gasteiger charge is -2.13. The third-order valence-electron chi connectivity index (χ3n) is 2.79. The van der Waals surface area contributed by atoms with Gasteiger partial charge in [0.25, 0.3) is 0 Å². The lowest BCUT2D eigenvalue weighted by Crippen LogP contribution is -2.07. The molecule has 1 aliphatic rings. The van der Waals surface area contributed by atoms with Crippen molar-refractivity contribution < 1.29 is 4.74 Å². The summed E-state index contributed by atoms with van der Waals surface area (Å²) in [4.78, 5) is 0.712. The first kappa shape index (κ1) is 12.5. The molecule has 0 aromatic carbocycles. The predicted molar refractivity (Wildman–Crippen MR) is 65.0 cm³/mol. The van der Waals surface area contributed by atoms with Crippen molar-refractivity contribution in [2.75, 3.05) is 6.61 Å². The number of hydrogen-bond acceptors (Lipinski definition) is 1. The highest BCUT2D eigenvalue weighted by Crippen LogP contribution is 2.22. The van der Waals surface area contributed by atoms with Gasteiger partial charge in [0, 0.05) is 11.4 Å². The van der Waals surface area contributed by atoms with Crippen molar-refractivity contribution in [1.29, 1.82) is 0 Å². The van der Waals surface area contributed by atoms with E-state index < -0.39 is 0 Å². The molecule has 2 unspecified atom stereocenters. The molecule has 0 N–H and O–H groups in total. The quantitative estimate of drug-likeness (QED) is 0.654. The predicted octanol–water partition coefficient (Wildman–Crippen LogP) is 4.15. The van der Waals surface area contributed by atoms with E-state index in [-0.39, 0.29) is 0 Å². The highest BCUT2D eigenvalue weighted by molar-refractivity contribution is 9.09. The minimum absolute atomic E-state index is 0.578. The third kappa shape index (κ3) is 5.35. The summed E-state index contributed by atoms with van der Waals surface area (Å²) in [5.74, 6) is 0.808. The molecular formula is C12H23BrO. The Morgan fingerprint density at radius 1 is 1.43 bits per heavy atom. The standard InChI is InChI=1S/C12H23BrO/c1-10(2)9-11(13)5-3-6-12-7-4-8-14-12/h10-12H,3-9H2,1-2H3. The van der Waals surface area contributed by atoms with Gasteiger partial charge in [-0.3, -0.25) is 0 Å². The summed E-state index contributed by atoms with van der Waals surface area (Å²) in [7, 11) is 0. The van der Waals surface area contributed by atoms with E-state index in [1.54, 1.807) is 0 Å². The van der Waals surface area contributed by atoms with Gasteiger partial charge < -0.3 is 4.74 Å². The molecule has 1 fully saturated rings. The van der Waals surface area contributed by atoms with Gasteiger partial charge >= 0.3 is 0 Å². The average molecular weight is 263 g/mol. The maximum Gasteiger partial charge on any atom is 0.0576 e. The van der Waals surface area contributed by atoms with E-state index in [0.29, 0.717) is 10.9 Å². The fourth-order valence-corrected chi connectivity index (χ4v) is 3.14. The van der Waals surface area contributed by atoms with Gasteiger partial charge in [0.2, 0.25) is 0 Å². The summed E-state index contributed by atoms with van der Waals surface area (Å²) in [6.45, 7) is 5.57. The van der Waals surface area contributed by atoms with Crippen LogP contribution in [0.25, 0.3) is 0 Å². The van der Waals surface area contributed by atoms with Crippen LogP contribution in [0, 0.1) is 5.92 Å². The van der Waals surface area contributed by atoms with E-state index in [2.05, 4.69) is 29.8 Å². The molecule has 14 heavy (non-hydrogen) atoms. The molecule has 0 amide bonds. The van der Waals surface area contributed by atoms with Crippen LogP contribution in [0.3, 0.4) is 0 Å². The van der Waals surface area contributed by atoms with Crippen molar-refractivity contribution in [2.24, 2.45) is 5.92 Å². The third-order valence-corrected chi connectivity index (χ3v) is 3.63. The minimum atomic E-state index is 0.578. The zero-order valence-corrected chi connectivity index (χ0v) is 11.1. The fraction of sp³-hybridized carbons (Fsp3) is 1.00. The van der Waals surface area contributed by atoms with Gasteiger partial charge in [-0.25, -0.2) is 0 Å². The van der Waals surface area contributed by atoms with Crippen LogP contribution in [0.2, 0.25) is 0 Å². The monoisotopic (exact) mass is 262 g/mol. The highest BCUT2D eigenvalue weighted by Gasteiger charge is 2.15. The molecule has 0 saturated carbocycles.